The molecule has 3 heterocycles. The van der Waals surface area contributed by atoms with Crippen LogP contribution in [0.5, 0.6) is 0 Å². The summed E-state index contributed by atoms with van der Waals surface area (Å²) in [6, 6.07) is 11.9. The fourth-order valence-corrected chi connectivity index (χ4v) is 2.95. The second-order valence-electron chi connectivity index (χ2n) is 6.63. The van der Waals surface area contributed by atoms with Gasteiger partial charge in [-0.3, -0.25) is 0 Å². The van der Waals surface area contributed by atoms with Crippen molar-refractivity contribution in [1.29, 1.82) is 0 Å². The van der Waals surface area contributed by atoms with Gasteiger partial charge in [-0.1, -0.05) is 49.3 Å². The van der Waals surface area contributed by atoms with E-state index in [1.54, 1.807) is 0 Å². The van der Waals surface area contributed by atoms with E-state index in [0.717, 1.165) is 48.1 Å². The van der Waals surface area contributed by atoms with E-state index < -0.39 is 0 Å². The maximum Gasteiger partial charge on any atom is 0.186 e. The molecule has 1 aromatic carbocycles. The summed E-state index contributed by atoms with van der Waals surface area (Å²) in [5, 5.41) is 12.8. The van der Waals surface area contributed by atoms with Crippen molar-refractivity contribution in [2.45, 2.75) is 33.2 Å². The molecule has 1 aliphatic heterocycles. The molecule has 3 aromatic rings. The maximum absolute atomic E-state index is 5.49. The molecule has 0 unspecified atom stereocenters. The minimum absolute atomic E-state index is 0.260. The molecule has 1 aliphatic rings. The molecular formula is C17H18N4O. The summed E-state index contributed by atoms with van der Waals surface area (Å²) in [6.45, 7) is 5.47. The lowest BCUT2D eigenvalue weighted by atomic mass is 9.85. The zero-order valence-corrected chi connectivity index (χ0v) is 12.8. The summed E-state index contributed by atoms with van der Waals surface area (Å²) < 4.78 is 7.66. The summed E-state index contributed by atoms with van der Waals surface area (Å²) in [5.74, 6) is 2.59. The largest absolute Gasteiger partial charge is 0.356 e. The number of benzene rings is 1. The van der Waals surface area contributed by atoms with Gasteiger partial charge < -0.3 is 9.09 Å². The summed E-state index contributed by atoms with van der Waals surface area (Å²) in [7, 11) is 0. The van der Waals surface area contributed by atoms with Crippen LogP contribution in [0.25, 0.3) is 22.8 Å². The third-order valence-corrected chi connectivity index (χ3v) is 4.24. The Hall–Kier alpha value is -2.43. The van der Waals surface area contributed by atoms with Gasteiger partial charge in [0.2, 0.25) is 0 Å². The van der Waals surface area contributed by atoms with Crippen molar-refractivity contribution in [2.75, 3.05) is 0 Å². The molecule has 0 saturated heterocycles. The van der Waals surface area contributed by atoms with E-state index in [9.17, 15) is 0 Å². The standard InChI is InChI=1S/C17H18N4O/c1-17(2)9-8-15-18-19-16(21(15)11-17)13-10-14(22-20-13)12-6-4-3-5-7-12/h3-7,10H,8-9,11H2,1-2H3. The topological polar surface area (TPSA) is 56.7 Å². The number of rotatable bonds is 2. The number of nitrogens with zero attached hydrogens (tertiary/aromatic N) is 4. The Morgan fingerprint density at radius 1 is 1.14 bits per heavy atom. The van der Waals surface area contributed by atoms with Crippen LogP contribution < -0.4 is 0 Å². The molecule has 4 rings (SSSR count). The van der Waals surface area contributed by atoms with Gasteiger partial charge in [-0.15, -0.1) is 10.2 Å². The summed E-state index contributed by atoms with van der Waals surface area (Å²) in [6.07, 6.45) is 2.10. The first-order valence-corrected chi connectivity index (χ1v) is 7.57. The van der Waals surface area contributed by atoms with Crippen LogP contribution in [0.15, 0.2) is 40.9 Å². The molecule has 5 heteroatoms. The van der Waals surface area contributed by atoms with Gasteiger partial charge in [0.1, 0.15) is 5.82 Å². The van der Waals surface area contributed by atoms with Crippen LogP contribution in [-0.4, -0.2) is 19.9 Å². The molecule has 0 N–H and O–H groups in total. The number of aromatic nitrogens is 4. The highest BCUT2D eigenvalue weighted by Crippen LogP contribution is 2.33. The van der Waals surface area contributed by atoms with Crippen LogP contribution in [0.4, 0.5) is 0 Å². The van der Waals surface area contributed by atoms with Gasteiger partial charge in [0.25, 0.3) is 0 Å². The van der Waals surface area contributed by atoms with Crippen molar-refractivity contribution in [3.8, 4) is 22.8 Å². The highest BCUT2D eigenvalue weighted by molar-refractivity contribution is 5.63. The van der Waals surface area contributed by atoms with Crippen LogP contribution in [0.1, 0.15) is 26.1 Å². The van der Waals surface area contributed by atoms with Crippen molar-refractivity contribution >= 4 is 0 Å². The Morgan fingerprint density at radius 3 is 2.77 bits per heavy atom. The molecule has 0 fully saturated rings. The Bertz CT molecular complexity index is 801. The molecule has 112 valence electrons. The quantitative estimate of drug-likeness (QED) is 0.725. The van der Waals surface area contributed by atoms with Gasteiger partial charge >= 0.3 is 0 Å². The fourth-order valence-electron chi connectivity index (χ4n) is 2.95. The fraction of sp³-hybridized carbons (Fsp3) is 0.353. The summed E-state index contributed by atoms with van der Waals surface area (Å²) in [5.41, 5.74) is 2.02. The SMILES string of the molecule is CC1(C)CCc2nnc(-c3cc(-c4ccccc4)on3)n2C1. The number of aryl methyl sites for hydroxylation is 1. The van der Waals surface area contributed by atoms with Crippen LogP contribution in [0.2, 0.25) is 0 Å². The Morgan fingerprint density at radius 2 is 1.95 bits per heavy atom. The number of hydrogen-bond donors (Lipinski definition) is 0. The second-order valence-corrected chi connectivity index (χ2v) is 6.63. The Balaban J connectivity index is 1.73. The first-order valence-electron chi connectivity index (χ1n) is 7.57. The minimum atomic E-state index is 0.260. The van der Waals surface area contributed by atoms with E-state index in [1.807, 2.05) is 36.4 Å². The van der Waals surface area contributed by atoms with Crippen molar-refractivity contribution in [3.63, 3.8) is 0 Å². The van der Waals surface area contributed by atoms with Gasteiger partial charge in [0.15, 0.2) is 17.3 Å². The monoisotopic (exact) mass is 294 g/mol. The zero-order valence-electron chi connectivity index (χ0n) is 12.8. The number of hydrogen-bond acceptors (Lipinski definition) is 4. The van der Waals surface area contributed by atoms with E-state index in [1.165, 1.54) is 0 Å². The Kier molecular flexibility index (Phi) is 2.89. The Labute approximate surface area is 129 Å². The van der Waals surface area contributed by atoms with Gasteiger partial charge in [0, 0.05) is 24.6 Å². The zero-order chi connectivity index (χ0) is 15.2. The molecule has 2 aromatic heterocycles. The van der Waals surface area contributed by atoms with E-state index in [4.69, 9.17) is 4.52 Å². The average Bonchev–Trinajstić information content (AvgIpc) is 3.13. The predicted octanol–water partition coefficient (Wildman–Crippen LogP) is 3.57. The normalized spacial score (nSPS) is 16.5. The molecular weight excluding hydrogens is 276 g/mol. The lowest BCUT2D eigenvalue weighted by Gasteiger charge is -2.30. The lowest BCUT2D eigenvalue weighted by Crippen LogP contribution is -2.27. The van der Waals surface area contributed by atoms with Gasteiger partial charge in [0.05, 0.1) is 0 Å². The van der Waals surface area contributed by atoms with E-state index >= 15 is 0 Å². The molecule has 0 atom stereocenters. The summed E-state index contributed by atoms with van der Waals surface area (Å²) in [4.78, 5) is 0. The summed E-state index contributed by atoms with van der Waals surface area (Å²) >= 11 is 0. The molecule has 0 radical (unpaired) electrons. The van der Waals surface area contributed by atoms with Crippen molar-refractivity contribution in [1.82, 2.24) is 19.9 Å². The second kappa shape index (κ2) is 4.80. The van der Waals surface area contributed by atoms with Crippen LogP contribution in [-0.2, 0) is 13.0 Å². The van der Waals surface area contributed by atoms with Gasteiger partial charge in [-0.05, 0) is 11.8 Å². The van der Waals surface area contributed by atoms with Crippen molar-refractivity contribution in [2.24, 2.45) is 5.41 Å². The first-order chi connectivity index (χ1) is 10.6. The molecule has 0 aliphatic carbocycles. The van der Waals surface area contributed by atoms with Gasteiger partial charge in [-0.2, -0.15) is 0 Å². The highest BCUT2D eigenvalue weighted by atomic mass is 16.5. The lowest BCUT2D eigenvalue weighted by molar-refractivity contribution is 0.248. The third kappa shape index (κ3) is 2.22. The average molecular weight is 294 g/mol. The van der Waals surface area contributed by atoms with Crippen molar-refractivity contribution in [3.05, 3.63) is 42.2 Å². The van der Waals surface area contributed by atoms with E-state index in [0.29, 0.717) is 0 Å². The van der Waals surface area contributed by atoms with Crippen LogP contribution in [0, 0.1) is 5.41 Å². The third-order valence-electron chi connectivity index (χ3n) is 4.24. The van der Waals surface area contributed by atoms with E-state index in [2.05, 4.69) is 33.8 Å². The number of fused-ring (bicyclic) bond motifs is 1. The molecule has 0 spiro atoms. The molecule has 0 amide bonds. The van der Waals surface area contributed by atoms with Gasteiger partial charge in [-0.25, -0.2) is 0 Å². The molecule has 0 bridgehead atoms. The molecule has 5 nitrogen and oxygen atoms in total. The predicted molar refractivity (Wildman–Crippen MR) is 83.1 cm³/mol. The first kappa shape index (κ1) is 13.2. The van der Waals surface area contributed by atoms with Crippen LogP contribution >= 0.6 is 0 Å². The van der Waals surface area contributed by atoms with Crippen molar-refractivity contribution < 1.29 is 4.52 Å². The van der Waals surface area contributed by atoms with E-state index in [-0.39, 0.29) is 5.41 Å². The maximum atomic E-state index is 5.49. The molecule has 22 heavy (non-hydrogen) atoms. The minimum Gasteiger partial charge on any atom is -0.356 e. The highest BCUT2D eigenvalue weighted by Gasteiger charge is 2.29. The smallest absolute Gasteiger partial charge is 0.186 e. The molecule has 0 saturated carbocycles. The van der Waals surface area contributed by atoms with Crippen LogP contribution in [0.3, 0.4) is 0 Å².